The normalized spacial score (nSPS) is 14.1. The zero-order chi connectivity index (χ0) is 28.5. The lowest BCUT2D eigenvalue weighted by molar-refractivity contribution is -0.147. The first kappa shape index (κ1) is 28.8. The Balaban J connectivity index is 1.77. The molecule has 1 aromatic carbocycles. The van der Waals surface area contributed by atoms with Crippen molar-refractivity contribution >= 4 is 40.6 Å². The van der Waals surface area contributed by atoms with E-state index in [0.717, 1.165) is 10.9 Å². The van der Waals surface area contributed by atoms with Gasteiger partial charge in [-0.2, -0.15) is 0 Å². The van der Waals surface area contributed by atoms with E-state index in [1.807, 2.05) is 23.5 Å². The molecule has 15 nitrogen and oxygen atoms in total. The average Bonchev–Trinajstić information content (AvgIpc) is 3.55. The number of nitrogens with one attached hydrogen (secondary N) is 5. The van der Waals surface area contributed by atoms with Crippen LogP contribution in [0.5, 0.6) is 0 Å². The molecule has 0 aliphatic carbocycles. The minimum Gasteiger partial charge on any atom is -0.481 e. The number of imidazole rings is 1. The Kier molecular flexibility index (Phi) is 9.72. The van der Waals surface area contributed by atoms with Crippen LogP contribution in [0.3, 0.4) is 0 Å². The number of aliphatic hydroxyl groups excluding tert-OH is 1. The minimum absolute atomic E-state index is 0.0190. The number of rotatable bonds is 14. The third kappa shape index (κ3) is 7.86. The van der Waals surface area contributed by atoms with Gasteiger partial charge in [0.25, 0.3) is 0 Å². The molecule has 0 radical (unpaired) electrons. The number of benzene rings is 1. The molecule has 15 heteroatoms. The monoisotopic (exact) mass is 543 g/mol. The highest BCUT2D eigenvalue weighted by Gasteiger charge is 2.31. The van der Waals surface area contributed by atoms with E-state index in [4.69, 9.17) is 10.8 Å². The number of carbonyl (C=O) groups is 5. The van der Waals surface area contributed by atoms with Crippen molar-refractivity contribution in [3.63, 3.8) is 0 Å². The Bertz CT molecular complexity index is 1320. The average molecular weight is 544 g/mol. The first-order chi connectivity index (χ1) is 18.6. The maximum absolute atomic E-state index is 13.3. The van der Waals surface area contributed by atoms with Crippen molar-refractivity contribution in [1.29, 1.82) is 0 Å². The molecule has 2 aromatic heterocycles. The van der Waals surface area contributed by atoms with E-state index < -0.39 is 66.9 Å². The number of hydrogen-bond donors (Lipinski definition) is 9. The van der Waals surface area contributed by atoms with Gasteiger partial charge in [-0.15, -0.1) is 0 Å². The Morgan fingerprint density at radius 3 is 2.21 bits per heavy atom. The Morgan fingerprint density at radius 2 is 1.56 bits per heavy atom. The van der Waals surface area contributed by atoms with Crippen LogP contribution in [0.25, 0.3) is 10.9 Å². The second-order valence-electron chi connectivity index (χ2n) is 8.75. The number of hydrogen-bond acceptors (Lipinski definition) is 8. The summed E-state index contributed by atoms with van der Waals surface area (Å²) in [5.41, 5.74) is 8.08. The summed E-state index contributed by atoms with van der Waals surface area (Å²) < 4.78 is 0. The molecule has 0 aliphatic rings. The van der Waals surface area contributed by atoms with Crippen molar-refractivity contribution in [1.82, 2.24) is 30.9 Å². The van der Waals surface area contributed by atoms with Gasteiger partial charge >= 0.3 is 11.9 Å². The van der Waals surface area contributed by atoms with Gasteiger partial charge in [-0.3, -0.25) is 19.2 Å². The van der Waals surface area contributed by atoms with Crippen LogP contribution in [0.1, 0.15) is 17.7 Å². The SMILES string of the molecule is NC(Cc1cnc[nH]1)C(=O)NC(Cc1c[nH]c2ccccc12)C(=O)NC(CO)C(=O)NC(CC(=O)O)C(=O)O. The lowest BCUT2D eigenvalue weighted by atomic mass is 10.0. The number of carboxylic acids is 2. The molecule has 4 unspecified atom stereocenters. The minimum atomic E-state index is -1.79. The molecule has 0 bridgehead atoms. The van der Waals surface area contributed by atoms with Gasteiger partial charge in [0, 0.05) is 41.8 Å². The first-order valence-corrected chi connectivity index (χ1v) is 11.8. The smallest absolute Gasteiger partial charge is 0.326 e. The molecule has 0 fully saturated rings. The summed E-state index contributed by atoms with van der Waals surface area (Å²) in [5, 5.41) is 35.4. The van der Waals surface area contributed by atoms with Gasteiger partial charge in [0.2, 0.25) is 17.7 Å². The number of fused-ring (bicyclic) bond motifs is 1. The van der Waals surface area contributed by atoms with E-state index in [0.29, 0.717) is 11.3 Å². The van der Waals surface area contributed by atoms with Crippen LogP contribution in [-0.2, 0) is 36.8 Å². The highest BCUT2D eigenvalue weighted by Crippen LogP contribution is 2.19. The van der Waals surface area contributed by atoms with Crippen LogP contribution < -0.4 is 21.7 Å². The molecule has 2 heterocycles. The predicted octanol–water partition coefficient (Wildman–Crippen LogP) is -1.99. The molecule has 10 N–H and O–H groups in total. The van der Waals surface area contributed by atoms with Crippen LogP contribution in [0.2, 0.25) is 0 Å². The van der Waals surface area contributed by atoms with Gasteiger partial charge < -0.3 is 47.0 Å². The molecule has 3 aromatic rings. The highest BCUT2D eigenvalue weighted by molar-refractivity contribution is 5.95. The van der Waals surface area contributed by atoms with Crippen LogP contribution in [0, 0.1) is 0 Å². The molecule has 0 aliphatic heterocycles. The summed E-state index contributed by atoms with van der Waals surface area (Å²) in [7, 11) is 0. The number of amides is 3. The fraction of sp³-hybridized carbons (Fsp3) is 0.333. The third-order valence-corrected chi connectivity index (χ3v) is 5.87. The second kappa shape index (κ2) is 13.2. The van der Waals surface area contributed by atoms with E-state index in [1.165, 1.54) is 12.5 Å². The van der Waals surface area contributed by atoms with Gasteiger partial charge in [-0.25, -0.2) is 9.78 Å². The molecular weight excluding hydrogens is 514 g/mol. The molecule has 0 spiro atoms. The summed E-state index contributed by atoms with van der Waals surface area (Å²) >= 11 is 0. The fourth-order valence-corrected chi connectivity index (χ4v) is 3.85. The third-order valence-electron chi connectivity index (χ3n) is 5.87. The number of carbonyl (C=O) groups excluding carboxylic acids is 3. The van der Waals surface area contributed by atoms with E-state index >= 15 is 0 Å². The number of H-pyrrole nitrogens is 2. The first-order valence-electron chi connectivity index (χ1n) is 11.8. The summed E-state index contributed by atoms with van der Waals surface area (Å²) in [4.78, 5) is 70.7. The van der Waals surface area contributed by atoms with Crippen molar-refractivity contribution in [2.45, 2.75) is 43.4 Å². The maximum atomic E-state index is 13.3. The zero-order valence-electron chi connectivity index (χ0n) is 20.6. The van der Waals surface area contributed by atoms with Gasteiger partial charge in [-0.1, -0.05) is 18.2 Å². The maximum Gasteiger partial charge on any atom is 0.326 e. The van der Waals surface area contributed by atoms with Crippen LogP contribution in [-0.4, -0.2) is 90.7 Å². The summed E-state index contributed by atoms with van der Waals surface area (Å²) in [6.07, 6.45) is 3.77. The Morgan fingerprint density at radius 1 is 0.897 bits per heavy atom. The zero-order valence-corrected chi connectivity index (χ0v) is 20.6. The Labute approximate surface area is 221 Å². The van der Waals surface area contributed by atoms with Crippen molar-refractivity contribution < 1.29 is 39.3 Å². The molecule has 3 rings (SSSR count). The lowest BCUT2D eigenvalue weighted by Gasteiger charge is -2.24. The van der Waals surface area contributed by atoms with E-state index in [1.54, 1.807) is 12.3 Å². The fourth-order valence-electron chi connectivity index (χ4n) is 3.85. The number of aliphatic hydroxyl groups is 1. The molecule has 3 amide bonds. The van der Waals surface area contributed by atoms with Gasteiger partial charge in [0.15, 0.2) is 0 Å². The number of para-hydroxylation sites is 1. The van der Waals surface area contributed by atoms with Crippen molar-refractivity contribution in [2.75, 3.05) is 6.61 Å². The number of carboxylic acid groups (broad SMARTS) is 2. The number of aliphatic carboxylic acids is 2. The second-order valence-corrected chi connectivity index (χ2v) is 8.75. The number of nitrogens with zero attached hydrogens (tertiary/aromatic N) is 1. The predicted molar refractivity (Wildman–Crippen MR) is 135 cm³/mol. The van der Waals surface area contributed by atoms with Crippen LogP contribution >= 0.6 is 0 Å². The molecule has 4 atom stereocenters. The number of aromatic nitrogens is 3. The molecule has 208 valence electrons. The van der Waals surface area contributed by atoms with Gasteiger partial charge in [-0.05, 0) is 11.6 Å². The summed E-state index contributed by atoms with van der Waals surface area (Å²) in [5.74, 6) is -5.72. The van der Waals surface area contributed by atoms with Crippen molar-refractivity contribution in [2.24, 2.45) is 5.73 Å². The topological polar surface area (TPSA) is 253 Å². The number of nitrogens with two attached hydrogens (primary N) is 1. The van der Waals surface area contributed by atoms with E-state index in [2.05, 4.69) is 25.6 Å². The van der Waals surface area contributed by atoms with E-state index in [9.17, 15) is 34.2 Å². The van der Waals surface area contributed by atoms with Gasteiger partial charge in [0.1, 0.15) is 18.1 Å². The molecular formula is C24H29N7O8. The van der Waals surface area contributed by atoms with Crippen LogP contribution in [0.15, 0.2) is 43.0 Å². The van der Waals surface area contributed by atoms with Crippen molar-refractivity contribution in [3.05, 3.63) is 54.2 Å². The summed E-state index contributed by atoms with van der Waals surface area (Å²) in [6.45, 7) is -0.927. The Hall–Kier alpha value is -4.76. The van der Waals surface area contributed by atoms with E-state index in [-0.39, 0.29) is 12.8 Å². The molecule has 39 heavy (non-hydrogen) atoms. The highest BCUT2D eigenvalue weighted by atomic mass is 16.4. The molecule has 0 saturated heterocycles. The van der Waals surface area contributed by atoms with Crippen molar-refractivity contribution in [3.8, 4) is 0 Å². The number of aromatic amines is 2. The summed E-state index contributed by atoms with van der Waals surface area (Å²) in [6, 6.07) is 1.55. The standard InChI is InChI=1S/C24H29N7O8/c25-15(6-13-9-26-11-28-13)21(35)29-17(5-12-8-27-16-4-2-1-3-14(12)16)22(36)31-19(10-32)23(37)30-18(24(38)39)7-20(33)34/h1-4,8-9,11,15,17-19,27,32H,5-7,10,25H2,(H,26,28)(H,29,35)(H,30,37)(H,31,36)(H,33,34)(H,38,39). The van der Waals surface area contributed by atoms with Gasteiger partial charge in [0.05, 0.1) is 25.4 Å². The largest absolute Gasteiger partial charge is 0.481 e. The lowest BCUT2D eigenvalue weighted by Crippen LogP contribution is -2.58. The molecule has 0 saturated carbocycles. The van der Waals surface area contributed by atoms with Crippen LogP contribution in [0.4, 0.5) is 0 Å². The quantitative estimate of drug-likeness (QED) is 0.108.